The fourth-order valence-corrected chi connectivity index (χ4v) is 5.86. The lowest BCUT2D eigenvalue weighted by Gasteiger charge is -2.28. The first-order valence-electron chi connectivity index (χ1n) is 16.6. The van der Waals surface area contributed by atoms with Crippen molar-refractivity contribution in [3.63, 3.8) is 0 Å². The van der Waals surface area contributed by atoms with Gasteiger partial charge in [-0.05, 0) is 86.3 Å². The van der Waals surface area contributed by atoms with Crippen LogP contribution in [0.2, 0.25) is 0 Å². The van der Waals surface area contributed by atoms with E-state index in [1.165, 1.54) is 17.5 Å². The Bertz CT molecular complexity index is 1490. The van der Waals surface area contributed by atoms with Gasteiger partial charge in [-0.15, -0.1) is 0 Å². The lowest BCUT2D eigenvalue weighted by atomic mass is 9.96. The Morgan fingerprint density at radius 2 is 1.74 bits per heavy atom. The van der Waals surface area contributed by atoms with E-state index in [0.29, 0.717) is 19.1 Å². The molecular formula is C37H48N2O8. The predicted octanol–water partition coefficient (Wildman–Crippen LogP) is 3.41. The molecule has 0 spiro atoms. The van der Waals surface area contributed by atoms with Gasteiger partial charge in [0.2, 0.25) is 5.91 Å². The third-order valence-electron chi connectivity index (χ3n) is 9.25. The molecule has 47 heavy (non-hydrogen) atoms. The summed E-state index contributed by atoms with van der Waals surface area (Å²) in [5.41, 5.74) is 6.34. The number of hydrogen-bond acceptors (Lipinski definition) is 9. The first-order chi connectivity index (χ1) is 22.6. The van der Waals surface area contributed by atoms with Crippen molar-refractivity contribution in [2.45, 2.75) is 101 Å². The number of rotatable bonds is 18. The zero-order valence-corrected chi connectivity index (χ0v) is 27.3. The van der Waals surface area contributed by atoms with Crippen molar-refractivity contribution in [2.24, 2.45) is 0 Å². The third kappa shape index (κ3) is 8.95. The standard InChI is InChI=1S/C37H48N2O8/c1-24-11-12-25(7-3-6-10-34(43)39(2)21-31(41)35(44)36(45)32(42)22-40)19-26(24)23-46-37(16-17-37)30-20-38-18-15-28(30)29-8-4-5-9-33(29)47-27-13-14-27/h4-5,8-9,11-12,15,18-20,27,31-32,35-36,40-42,44-45H,3,6-7,10,13-14,16-17,21-23H2,1-2H3. The minimum absolute atomic E-state index is 0.197. The van der Waals surface area contributed by atoms with Crippen LogP contribution in [0.15, 0.2) is 60.9 Å². The third-order valence-corrected chi connectivity index (χ3v) is 9.25. The van der Waals surface area contributed by atoms with Crippen LogP contribution in [-0.2, 0) is 28.2 Å². The molecule has 1 amide bonds. The van der Waals surface area contributed by atoms with Gasteiger partial charge in [0.15, 0.2) is 0 Å². The smallest absolute Gasteiger partial charge is 0.222 e. The second-order valence-corrected chi connectivity index (χ2v) is 13.1. The van der Waals surface area contributed by atoms with Crippen molar-refractivity contribution in [3.8, 4) is 16.9 Å². The Hall–Kier alpha value is -3.38. The Balaban J connectivity index is 1.13. The molecule has 4 unspecified atom stereocenters. The van der Waals surface area contributed by atoms with Crippen LogP contribution in [0.3, 0.4) is 0 Å². The first kappa shape index (κ1) is 34.9. The quantitative estimate of drug-likeness (QED) is 0.131. The topological polar surface area (TPSA) is 153 Å². The van der Waals surface area contributed by atoms with Crippen LogP contribution >= 0.6 is 0 Å². The van der Waals surface area contributed by atoms with Crippen molar-refractivity contribution in [1.29, 1.82) is 0 Å². The van der Waals surface area contributed by atoms with Gasteiger partial charge in [-0.25, -0.2) is 0 Å². The zero-order valence-electron chi connectivity index (χ0n) is 27.3. The summed E-state index contributed by atoms with van der Waals surface area (Å²) in [4.78, 5) is 18.4. The number of ether oxygens (including phenoxy) is 2. The average Bonchev–Trinajstić information content (AvgIpc) is 4.03. The number of para-hydroxylation sites is 1. The van der Waals surface area contributed by atoms with E-state index in [2.05, 4.69) is 42.2 Å². The summed E-state index contributed by atoms with van der Waals surface area (Å²) in [6.07, 6.45) is 4.16. The molecule has 0 radical (unpaired) electrons. The highest BCUT2D eigenvalue weighted by Gasteiger charge is 2.47. The first-order valence-corrected chi connectivity index (χ1v) is 16.6. The van der Waals surface area contributed by atoms with E-state index in [4.69, 9.17) is 14.6 Å². The zero-order chi connectivity index (χ0) is 33.6. The Morgan fingerprint density at radius 1 is 1.00 bits per heavy atom. The second kappa shape index (κ2) is 15.7. The summed E-state index contributed by atoms with van der Waals surface area (Å²) in [5.74, 6) is 0.707. The van der Waals surface area contributed by atoms with Gasteiger partial charge in [-0.2, -0.15) is 0 Å². The summed E-state index contributed by atoms with van der Waals surface area (Å²) in [6.45, 7) is 1.61. The molecule has 0 bridgehead atoms. The number of benzene rings is 2. The van der Waals surface area contributed by atoms with E-state index in [1.54, 1.807) is 0 Å². The maximum atomic E-state index is 12.6. The van der Waals surface area contributed by atoms with Crippen molar-refractivity contribution < 1.29 is 39.8 Å². The number of carbonyl (C=O) groups is 1. The van der Waals surface area contributed by atoms with E-state index in [-0.39, 0.29) is 24.5 Å². The van der Waals surface area contributed by atoms with Crippen molar-refractivity contribution in [3.05, 3.63) is 83.2 Å². The van der Waals surface area contributed by atoms with E-state index in [9.17, 15) is 25.2 Å². The van der Waals surface area contributed by atoms with Gasteiger partial charge < -0.3 is 39.9 Å². The number of nitrogens with zero attached hydrogens (tertiary/aromatic N) is 2. The van der Waals surface area contributed by atoms with Gasteiger partial charge in [0, 0.05) is 43.5 Å². The van der Waals surface area contributed by atoms with Crippen molar-refractivity contribution in [1.82, 2.24) is 9.88 Å². The summed E-state index contributed by atoms with van der Waals surface area (Å²) in [6, 6.07) is 16.7. The summed E-state index contributed by atoms with van der Waals surface area (Å²) in [5, 5.41) is 48.4. The largest absolute Gasteiger partial charge is 0.490 e. The number of amides is 1. The number of carbonyl (C=O) groups excluding carboxylic acids is 1. The summed E-state index contributed by atoms with van der Waals surface area (Å²) >= 11 is 0. The van der Waals surface area contributed by atoms with Gasteiger partial charge in [-0.3, -0.25) is 9.78 Å². The molecule has 2 aliphatic carbocycles. The van der Waals surface area contributed by atoms with Crippen LogP contribution < -0.4 is 4.74 Å². The van der Waals surface area contributed by atoms with Crippen molar-refractivity contribution >= 4 is 5.91 Å². The van der Waals surface area contributed by atoms with Crippen LogP contribution in [0.1, 0.15) is 67.2 Å². The van der Waals surface area contributed by atoms with E-state index < -0.39 is 31.0 Å². The highest BCUT2D eigenvalue weighted by Crippen LogP contribution is 2.53. The molecule has 2 aromatic carbocycles. The molecule has 10 nitrogen and oxygen atoms in total. The normalized spacial score (nSPS) is 17.9. The highest BCUT2D eigenvalue weighted by molar-refractivity contribution is 5.76. The van der Waals surface area contributed by atoms with Crippen molar-refractivity contribution in [2.75, 3.05) is 20.2 Å². The summed E-state index contributed by atoms with van der Waals surface area (Å²) < 4.78 is 12.9. The van der Waals surface area contributed by atoms with Gasteiger partial charge in [0.1, 0.15) is 30.2 Å². The number of unbranched alkanes of at least 4 members (excludes halogenated alkanes) is 1. The van der Waals surface area contributed by atoms with Crippen LogP contribution in [0.5, 0.6) is 5.75 Å². The molecule has 1 heterocycles. The number of hydrogen-bond donors (Lipinski definition) is 5. The Labute approximate surface area is 276 Å². The molecule has 4 atom stereocenters. The Kier molecular flexibility index (Phi) is 11.7. The molecule has 3 aromatic rings. The summed E-state index contributed by atoms with van der Waals surface area (Å²) in [7, 11) is 1.52. The molecule has 0 saturated heterocycles. The fraction of sp³-hybridized carbons (Fsp3) is 0.514. The molecule has 2 fully saturated rings. The number of aliphatic hydroxyl groups excluding tert-OH is 5. The SMILES string of the molecule is Cc1ccc(CCCCC(=O)N(C)CC(O)C(O)C(O)C(O)CO)cc1COC1(c2cnccc2-c2ccccc2OC2CC2)CC1. The second-order valence-electron chi connectivity index (χ2n) is 13.1. The molecule has 254 valence electrons. The highest BCUT2D eigenvalue weighted by atomic mass is 16.5. The number of aryl methyl sites for hydroxylation is 2. The fourth-order valence-electron chi connectivity index (χ4n) is 5.86. The molecule has 0 aliphatic heterocycles. The maximum Gasteiger partial charge on any atom is 0.222 e. The monoisotopic (exact) mass is 648 g/mol. The van der Waals surface area contributed by atoms with Crippen LogP contribution in [0.4, 0.5) is 0 Å². The van der Waals surface area contributed by atoms with Gasteiger partial charge >= 0.3 is 0 Å². The lowest BCUT2D eigenvalue weighted by Crippen LogP contribution is -2.49. The minimum Gasteiger partial charge on any atom is -0.490 e. The molecule has 2 aliphatic rings. The average molecular weight is 649 g/mol. The molecule has 5 rings (SSSR count). The number of likely N-dealkylation sites (N-methyl/N-ethyl adjacent to an activating group) is 1. The van der Waals surface area contributed by atoms with Crippen LogP contribution in [0.25, 0.3) is 11.1 Å². The predicted molar refractivity (Wildman–Crippen MR) is 177 cm³/mol. The van der Waals surface area contributed by atoms with E-state index in [1.807, 2.05) is 30.6 Å². The van der Waals surface area contributed by atoms with Crippen LogP contribution in [-0.4, -0.2) is 92.0 Å². The molecule has 5 N–H and O–H groups in total. The Morgan fingerprint density at radius 3 is 2.47 bits per heavy atom. The number of aromatic nitrogens is 1. The molecule has 10 heteroatoms. The molecule has 1 aromatic heterocycles. The van der Waals surface area contributed by atoms with Gasteiger partial charge in [0.25, 0.3) is 0 Å². The molecule has 2 saturated carbocycles. The van der Waals surface area contributed by atoms with E-state index >= 15 is 0 Å². The maximum absolute atomic E-state index is 12.6. The van der Waals surface area contributed by atoms with Gasteiger partial charge in [0.05, 0.1) is 24.9 Å². The van der Waals surface area contributed by atoms with E-state index in [0.717, 1.165) is 72.1 Å². The number of pyridine rings is 1. The lowest BCUT2D eigenvalue weighted by molar-refractivity contribution is -0.138. The van der Waals surface area contributed by atoms with Crippen LogP contribution in [0, 0.1) is 6.92 Å². The number of aliphatic hydroxyl groups is 5. The van der Waals surface area contributed by atoms with Gasteiger partial charge in [-0.1, -0.05) is 36.4 Å². The minimum atomic E-state index is -1.72. The molecular weight excluding hydrogens is 600 g/mol.